The van der Waals surface area contributed by atoms with Crippen LogP contribution in [0.4, 0.5) is 34.1 Å². The Hall–Kier alpha value is -6.92. The summed E-state index contributed by atoms with van der Waals surface area (Å²) in [5.74, 6) is 0. The molecule has 9 aromatic carbocycles. The zero-order chi connectivity index (χ0) is 45.3. The van der Waals surface area contributed by atoms with Gasteiger partial charge in [0.15, 0.2) is 0 Å². The maximum absolute atomic E-state index is 2.55. The van der Waals surface area contributed by atoms with E-state index in [1.807, 2.05) is 22.7 Å². The molecule has 0 spiro atoms. The van der Waals surface area contributed by atoms with Crippen molar-refractivity contribution in [3.05, 3.63) is 199 Å². The smallest absolute Gasteiger partial charge is 0.252 e. The summed E-state index contributed by atoms with van der Waals surface area (Å²) >= 11 is 3.75. The Morgan fingerprint density at radius 1 is 0.373 bits per heavy atom. The van der Waals surface area contributed by atoms with Crippen molar-refractivity contribution in [2.75, 3.05) is 9.80 Å². The number of anilines is 6. The van der Waals surface area contributed by atoms with E-state index < -0.39 is 0 Å². The van der Waals surface area contributed by atoms with Crippen LogP contribution >= 0.6 is 22.7 Å². The number of fused-ring (bicyclic) bond motifs is 10. The van der Waals surface area contributed by atoms with Gasteiger partial charge in [0.25, 0.3) is 6.71 Å². The molecule has 0 bridgehead atoms. The van der Waals surface area contributed by atoms with Crippen molar-refractivity contribution in [1.29, 1.82) is 0 Å². The van der Waals surface area contributed by atoms with E-state index in [0.29, 0.717) is 0 Å². The van der Waals surface area contributed by atoms with Crippen molar-refractivity contribution in [2.45, 2.75) is 52.4 Å². The van der Waals surface area contributed by atoms with E-state index in [-0.39, 0.29) is 17.5 Å². The molecule has 5 heteroatoms. The van der Waals surface area contributed by atoms with Gasteiger partial charge in [-0.1, -0.05) is 157 Å². The van der Waals surface area contributed by atoms with Crippen LogP contribution in [0.1, 0.15) is 52.7 Å². The van der Waals surface area contributed by atoms with E-state index in [9.17, 15) is 0 Å². The molecule has 322 valence electrons. The molecule has 2 nitrogen and oxygen atoms in total. The lowest BCUT2D eigenvalue weighted by Gasteiger charge is -2.44. The first-order valence-corrected chi connectivity index (χ1v) is 25.2. The van der Waals surface area contributed by atoms with Gasteiger partial charge in [-0.15, -0.1) is 22.7 Å². The highest BCUT2D eigenvalue weighted by Gasteiger charge is 2.44. The summed E-state index contributed by atoms with van der Waals surface area (Å²) in [5, 5.41) is 5.33. The van der Waals surface area contributed by atoms with E-state index >= 15 is 0 Å². The van der Waals surface area contributed by atoms with Gasteiger partial charge in [-0.2, -0.15) is 0 Å². The van der Waals surface area contributed by atoms with Gasteiger partial charge in [-0.3, -0.25) is 0 Å². The highest BCUT2D eigenvalue weighted by Crippen LogP contribution is 2.47. The van der Waals surface area contributed by atoms with Crippen LogP contribution in [0.15, 0.2) is 188 Å². The maximum atomic E-state index is 2.55. The minimum absolute atomic E-state index is 0.0187. The number of nitrogens with zero attached hydrogens (tertiary/aromatic N) is 2. The number of thiophene rings is 2. The van der Waals surface area contributed by atoms with Crippen molar-refractivity contribution in [2.24, 2.45) is 0 Å². The van der Waals surface area contributed by atoms with Gasteiger partial charge in [0.2, 0.25) is 0 Å². The summed E-state index contributed by atoms with van der Waals surface area (Å²) in [4.78, 5) is 5.08. The predicted octanol–water partition coefficient (Wildman–Crippen LogP) is 16.4. The van der Waals surface area contributed by atoms with Crippen molar-refractivity contribution in [3.63, 3.8) is 0 Å². The summed E-state index contributed by atoms with van der Waals surface area (Å²) in [6.07, 6.45) is 0. The zero-order valence-corrected chi connectivity index (χ0v) is 40.3. The number of rotatable bonds is 4. The fraction of sp³-hybridized carbons (Fsp3) is 0.129. The molecular formula is C62H49BN2S2. The minimum atomic E-state index is -0.0242. The lowest BCUT2D eigenvalue weighted by Crippen LogP contribution is -2.61. The van der Waals surface area contributed by atoms with Gasteiger partial charge >= 0.3 is 0 Å². The Labute approximate surface area is 401 Å². The Balaban J connectivity index is 0.997. The third kappa shape index (κ3) is 6.28. The quantitative estimate of drug-likeness (QED) is 0.162. The lowest BCUT2D eigenvalue weighted by atomic mass is 9.33. The highest BCUT2D eigenvalue weighted by molar-refractivity contribution is 7.26. The van der Waals surface area contributed by atoms with Crippen molar-refractivity contribution < 1.29 is 0 Å². The summed E-state index contributed by atoms with van der Waals surface area (Å²) in [6, 6.07) is 71.4. The second kappa shape index (κ2) is 14.8. The SMILES string of the molecule is CC(C)(C)c1ccc2c(c1)B1c3ccc(C(C)(C)C)cc3N(c3ccc(-c4cccc5sc6ccccc6c45)cc3)c3cccc(c31)N2c1ccc(-c2cccc3sc4ccccc4c23)cc1. The van der Waals surface area contributed by atoms with Crippen molar-refractivity contribution in [3.8, 4) is 22.3 Å². The molecule has 2 aliphatic heterocycles. The Morgan fingerprint density at radius 3 is 1.37 bits per heavy atom. The van der Waals surface area contributed by atoms with Gasteiger partial charge in [-0.25, -0.2) is 0 Å². The second-order valence-electron chi connectivity index (χ2n) is 20.5. The molecule has 0 fully saturated rings. The van der Waals surface area contributed by atoms with E-state index in [1.165, 1.54) is 113 Å². The van der Waals surface area contributed by atoms with E-state index in [0.717, 1.165) is 11.4 Å². The molecule has 4 heterocycles. The molecule has 0 aliphatic carbocycles. The summed E-state index contributed by atoms with van der Waals surface area (Å²) < 4.78 is 5.31. The van der Waals surface area contributed by atoms with Crippen LogP contribution in [0.2, 0.25) is 0 Å². The molecule has 0 unspecified atom stereocenters. The molecule has 13 rings (SSSR count). The Bertz CT molecular complexity index is 3790. The molecular weight excluding hydrogens is 848 g/mol. The van der Waals surface area contributed by atoms with Gasteiger partial charge in [0, 0.05) is 74.5 Å². The van der Waals surface area contributed by atoms with Gasteiger partial charge in [-0.05, 0) is 133 Å². The summed E-state index contributed by atoms with van der Waals surface area (Å²) in [5.41, 5.74) is 18.9. The largest absolute Gasteiger partial charge is 0.311 e. The van der Waals surface area contributed by atoms with Crippen molar-refractivity contribution >= 4 is 120 Å². The molecule has 67 heavy (non-hydrogen) atoms. The van der Waals surface area contributed by atoms with Crippen LogP contribution in [0, 0.1) is 0 Å². The topological polar surface area (TPSA) is 6.48 Å². The fourth-order valence-corrected chi connectivity index (χ4v) is 13.3. The number of benzene rings is 9. The fourth-order valence-electron chi connectivity index (χ4n) is 11.0. The third-order valence-electron chi connectivity index (χ3n) is 14.4. The molecule has 0 amide bonds. The molecule has 2 aromatic heterocycles. The molecule has 0 saturated heterocycles. The van der Waals surface area contributed by atoms with Crippen LogP contribution in [0.25, 0.3) is 62.6 Å². The molecule has 0 atom stereocenters. The molecule has 0 radical (unpaired) electrons. The first-order valence-electron chi connectivity index (χ1n) is 23.5. The standard InChI is InChI=1S/C62H49BN2S2/c1-61(2,3)40-29-35-50-49(36-40)63-48-34-28-41(62(4,5)6)37-53(48)65(43-32-26-39(27-33-43)45-17-12-23-57-59(45)47-15-8-10-21-55(47)67-57)52-19-13-18-51(60(52)63)64(50)42-30-24-38(25-31-42)44-16-11-22-56-58(44)46-14-7-9-20-54(46)66-56/h7-37H,1-6H3. The molecule has 0 N–H and O–H groups in total. The van der Waals surface area contributed by atoms with Crippen LogP contribution in [-0.4, -0.2) is 6.71 Å². The average Bonchev–Trinajstić information content (AvgIpc) is 3.92. The van der Waals surface area contributed by atoms with Gasteiger partial charge in [0.1, 0.15) is 0 Å². The minimum Gasteiger partial charge on any atom is -0.311 e. The normalized spacial score (nSPS) is 13.4. The highest BCUT2D eigenvalue weighted by atomic mass is 32.1. The summed E-state index contributed by atoms with van der Waals surface area (Å²) in [7, 11) is 0. The summed E-state index contributed by atoms with van der Waals surface area (Å²) in [6.45, 7) is 14.0. The molecule has 0 saturated carbocycles. The Kier molecular flexibility index (Phi) is 8.91. The van der Waals surface area contributed by atoms with Gasteiger partial charge < -0.3 is 9.80 Å². The van der Waals surface area contributed by atoms with Crippen LogP contribution in [0.3, 0.4) is 0 Å². The lowest BCUT2D eigenvalue weighted by molar-refractivity contribution is 0.590. The zero-order valence-electron chi connectivity index (χ0n) is 38.7. The van der Waals surface area contributed by atoms with Crippen LogP contribution < -0.4 is 26.2 Å². The number of hydrogen-bond acceptors (Lipinski definition) is 4. The van der Waals surface area contributed by atoms with Crippen LogP contribution in [0.5, 0.6) is 0 Å². The van der Waals surface area contributed by atoms with Crippen molar-refractivity contribution in [1.82, 2.24) is 0 Å². The van der Waals surface area contributed by atoms with E-state index in [4.69, 9.17) is 0 Å². The maximum Gasteiger partial charge on any atom is 0.252 e. The Morgan fingerprint density at radius 2 is 0.836 bits per heavy atom. The number of hydrogen-bond donors (Lipinski definition) is 0. The monoisotopic (exact) mass is 896 g/mol. The first-order chi connectivity index (χ1) is 32.5. The molecule has 11 aromatic rings. The average molecular weight is 897 g/mol. The van der Waals surface area contributed by atoms with Gasteiger partial charge in [0.05, 0.1) is 0 Å². The van der Waals surface area contributed by atoms with Crippen LogP contribution in [-0.2, 0) is 10.8 Å². The second-order valence-corrected chi connectivity index (χ2v) is 22.7. The molecule has 2 aliphatic rings. The van der Waals surface area contributed by atoms with E-state index in [2.05, 4.69) is 239 Å². The van der Waals surface area contributed by atoms with E-state index in [1.54, 1.807) is 0 Å². The first kappa shape index (κ1) is 40.4. The predicted molar refractivity (Wildman–Crippen MR) is 295 cm³/mol. The third-order valence-corrected chi connectivity index (χ3v) is 16.7.